The summed E-state index contributed by atoms with van der Waals surface area (Å²) in [6.07, 6.45) is -2.58. The van der Waals surface area contributed by atoms with Gasteiger partial charge in [-0.15, -0.1) is 0 Å². The number of phenolic OH excluding ortho intramolecular Hbond substituents is 1. The molecule has 6 nitrogen and oxygen atoms in total. The Morgan fingerprint density at radius 1 is 1.26 bits per heavy atom. The highest BCUT2D eigenvalue weighted by molar-refractivity contribution is 8.26. The van der Waals surface area contributed by atoms with Crippen LogP contribution in [0.15, 0.2) is 47.4 Å². The molecule has 1 aliphatic rings. The zero-order valence-corrected chi connectivity index (χ0v) is 19.6. The van der Waals surface area contributed by atoms with Gasteiger partial charge in [0.05, 0.1) is 17.1 Å². The third-order valence-corrected chi connectivity index (χ3v) is 6.09. The van der Waals surface area contributed by atoms with Crippen LogP contribution in [0.25, 0.3) is 6.08 Å². The van der Waals surface area contributed by atoms with Crippen molar-refractivity contribution in [2.75, 3.05) is 18.5 Å². The molecule has 1 heterocycles. The van der Waals surface area contributed by atoms with Crippen molar-refractivity contribution in [3.8, 4) is 11.5 Å². The fraction of sp³-hybridized carbons (Fsp3) is 0.261. The topological polar surface area (TPSA) is 78.9 Å². The summed E-state index contributed by atoms with van der Waals surface area (Å²) in [5.41, 5.74) is -0.146. The summed E-state index contributed by atoms with van der Waals surface area (Å²) in [6.45, 7) is 2.36. The molecule has 0 radical (unpaired) electrons. The second kappa shape index (κ2) is 10.9. The molecule has 3 rings (SSSR count). The third-order valence-electron chi connectivity index (χ3n) is 4.71. The first-order valence-electron chi connectivity index (χ1n) is 10.3. The molecular formula is C23H21F3N2O4S2. The molecule has 0 unspecified atom stereocenters. The Morgan fingerprint density at radius 3 is 2.74 bits per heavy atom. The molecule has 0 bridgehead atoms. The molecule has 0 atom stereocenters. The molecule has 2 N–H and O–H groups in total. The Bertz CT molecular complexity index is 1140. The number of thioether (sulfide) groups is 1. The van der Waals surface area contributed by atoms with Crippen molar-refractivity contribution < 1.29 is 32.6 Å². The summed E-state index contributed by atoms with van der Waals surface area (Å²) in [4.78, 5) is 26.7. The minimum atomic E-state index is -4.50. The lowest BCUT2D eigenvalue weighted by molar-refractivity contribution is -0.137. The molecular weight excluding hydrogens is 489 g/mol. The van der Waals surface area contributed by atoms with Gasteiger partial charge in [0.2, 0.25) is 5.91 Å². The maximum atomic E-state index is 12.8. The van der Waals surface area contributed by atoms with E-state index in [2.05, 4.69) is 5.32 Å². The average Bonchev–Trinajstić information content (AvgIpc) is 3.03. The van der Waals surface area contributed by atoms with Crippen LogP contribution >= 0.6 is 24.0 Å². The number of nitrogens with zero attached hydrogens (tertiary/aromatic N) is 1. The number of thiocarbonyl (C=S) groups is 1. The minimum absolute atomic E-state index is 0.00202. The smallest absolute Gasteiger partial charge is 0.416 e. The number of amides is 2. The first-order valence-corrected chi connectivity index (χ1v) is 11.5. The quantitative estimate of drug-likeness (QED) is 0.364. The van der Waals surface area contributed by atoms with E-state index in [0.29, 0.717) is 27.1 Å². The maximum absolute atomic E-state index is 12.8. The van der Waals surface area contributed by atoms with Crippen LogP contribution in [0.3, 0.4) is 0 Å². The molecule has 0 aliphatic carbocycles. The van der Waals surface area contributed by atoms with Gasteiger partial charge < -0.3 is 15.2 Å². The zero-order chi connectivity index (χ0) is 24.9. The van der Waals surface area contributed by atoms with Gasteiger partial charge in [0, 0.05) is 18.7 Å². The monoisotopic (exact) mass is 510 g/mol. The van der Waals surface area contributed by atoms with Gasteiger partial charge in [-0.05, 0) is 55.3 Å². The SMILES string of the molecule is CCOc1cc(/C=C2\SC(=S)N(CCCC(=O)Nc3cccc(C(F)(F)F)c3)C2=O)ccc1O. The lowest BCUT2D eigenvalue weighted by atomic mass is 10.2. The molecule has 2 amide bonds. The van der Waals surface area contributed by atoms with Crippen molar-refractivity contribution in [2.24, 2.45) is 0 Å². The van der Waals surface area contributed by atoms with Gasteiger partial charge in [0.15, 0.2) is 11.5 Å². The van der Waals surface area contributed by atoms with E-state index in [4.69, 9.17) is 17.0 Å². The van der Waals surface area contributed by atoms with Gasteiger partial charge in [-0.1, -0.05) is 36.1 Å². The molecule has 34 heavy (non-hydrogen) atoms. The van der Waals surface area contributed by atoms with Gasteiger partial charge in [0.25, 0.3) is 5.91 Å². The van der Waals surface area contributed by atoms with Crippen molar-refractivity contribution in [3.05, 3.63) is 58.5 Å². The molecule has 11 heteroatoms. The number of carbonyl (C=O) groups is 2. The van der Waals surface area contributed by atoms with E-state index in [1.54, 1.807) is 25.1 Å². The number of carbonyl (C=O) groups excluding carboxylic acids is 2. The van der Waals surface area contributed by atoms with E-state index in [0.717, 1.165) is 23.9 Å². The number of ether oxygens (including phenoxy) is 1. The molecule has 0 aromatic heterocycles. The second-order valence-electron chi connectivity index (χ2n) is 7.22. The molecule has 2 aromatic carbocycles. The summed E-state index contributed by atoms with van der Waals surface area (Å²) < 4.78 is 44.1. The Balaban J connectivity index is 1.56. The van der Waals surface area contributed by atoms with Crippen LogP contribution in [0.2, 0.25) is 0 Å². The van der Waals surface area contributed by atoms with Gasteiger partial charge in [-0.3, -0.25) is 14.5 Å². The number of rotatable bonds is 8. The van der Waals surface area contributed by atoms with E-state index in [1.807, 2.05) is 0 Å². The normalized spacial score (nSPS) is 15.2. The first-order chi connectivity index (χ1) is 16.1. The van der Waals surface area contributed by atoms with Crippen LogP contribution in [0.1, 0.15) is 30.9 Å². The van der Waals surface area contributed by atoms with Gasteiger partial charge in [0.1, 0.15) is 4.32 Å². The predicted octanol–water partition coefficient (Wildman–Crippen LogP) is 5.43. The highest BCUT2D eigenvalue weighted by atomic mass is 32.2. The van der Waals surface area contributed by atoms with Crippen LogP contribution in [0.4, 0.5) is 18.9 Å². The number of nitrogens with one attached hydrogen (secondary N) is 1. The van der Waals surface area contributed by atoms with E-state index in [9.17, 15) is 27.9 Å². The number of aromatic hydroxyl groups is 1. The van der Waals surface area contributed by atoms with Gasteiger partial charge in [-0.25, -0.2) is 0 Å². The lowest BCUT2D eigenvalue weighted by Crippen LogP contribution is -2.29. The summed E-state index contributed by atoms with van der Waals surface area (Å²) in [6, 6.07) is 9.11. The van der Waals surface area contributed by atoms with Crippen LogP contribution in [0, 0.1) is 0 Å². The fourth-order valence-corrected chi connectivity index (χ4v) is 4.44. The van der Waals surface area contributed by atoms with Crippen LogP contribution in [0.5, 0.6) is 11.5 Å². The molecule has 0 saturated carbocycles. The van der Waals surface area contributed by atoms with E-state index in [1.165, 1.54) is 23.1 Å². The fourth-order valence-electron chi connectivity index (χ4n) is 3.13. The number of halogens is 3. The summed E-state index contributed by atoms with van der Waals surface area (Å²) >= 11 is 6.41. The van der Waals surface area contributed by atoms with E-state index in [-0.39, 0.29) is 36.7 Å². The number of hydrogen-bond acceptors (Lipinski definition) is 6. The Labute approximate surface area is 203 Å². The van der Waals surface area contributed by atoms with Crippen molar-refractivity contribution in [2.45, 2.75) is 25.9 Å². The van der Waals surface area contributed by atoms with Crippen molar-refractivity contribution >= 4 is 51.9 Å². The van der Waals surface area contributed by atoms with Crippen LogP contribution < -0.4 is 10.1 Å². The number of hydrogen-bond donors (Lipinski definition) is 2. The van der Waals surface area contributed by atoms with E-state index >= 15 is 0 Å². The summed E-state index contributed by atoms with van der Waals surface area (Å²) in [5, 5.41) is 12.3. The molecule has 180 valence electrons. The van der Waals surface area contributed by atoms with E-state index < -0.39 is 17.6 Å². The number of phenols is 1. The largest absolute Gasteiger partial charge is 0.504 e. The summed E-state index contributed by atoms with van der Waals surface area (Å²) in [5.74, 6) is -0.472. The molecule has 0 spiro atoms. The first kappa shape index (κ1) is 25.6. The standard InChI is InChI=1S/C23H21F3N2O4S2/c1-2-32-18-11-14(8-9-17(18)29)12-19-21(31)28(22(33)34-19)10-4-7-20(30)27-16-6-3-5-15(13-16)23(24,25)26/h3,5-6,8-9,11-13,29H,2,4,7,10H2,1H3,(H,27,30)/b19-12-. The number of anilines is 1. The molecule has 1 saturated heterocycles. The van der Waals surface area contributed by atoms with Crippen molar-refractivity contribution in [3.63, 3.8) is 0 Å². The minimum Gasteiger partial charge on any atom is -0.504 e. The summed E-state index contributed by atoms with van der Waals surface area (Å²) in [7, 11) is 0. The highest BCUT2D eigenvalue weighted by Crippen LogP contribution is 2.35. The highest BCUT2D eigenvalue weighted by Gasteiger charge is 2.32. The van der Waals surface area contributed by atoms with Gasteiger partial charge in [-0.2, -0.15) is 13.2 Å². The van der Waals surface area contributed by atoms with Crippen LogP contribution in [-0.4, -0.2) is 39.3 Å². The predicted molar refractivity (Wildman–Crippen MR) is 128 cm³/mol. The maximum Gasteiger partial charge on any atom is 0.416 e. The number of benzene rings is 2. The average molecular weight is 511 g/mol. The van der Waals surface area contributed by atoms with Crippen molar-refractivity contribution in [1.29, 1.82) is 0 Å². The third kappa shape index (κ3) is 6.51. The van der Waals surface area contributed by atoms with Crippen molar-refractivity contribution in [1.82, 2.24) is 4.90 Å². The van der Waals surface area contributed by atoms with Gasteiger partial charge >= 0.3 is 6.18 Å². The Kier molecular flexibility index (Phi) is 8.21. The lowest BCUT2D eigenvalue weighted by Gasteiger charge is -2.14. The Hall–Kier alpha value is -3.05. The zero-order valence-electron chi connectivity index (χ0n) is 18.0. The van der Waals surface area contributed by atoms with Crippen LogP contribution in [-0.2, 0) is 15.8 Å². The molecule has 1 fully saturated rings. The number of alkyl halides is 3. The molecule has 1 aliphatic heterocycles. The Morgan fingerprint density at radius 2 is 2.03 bits per heavy atom. The molecule has 2 aromatic rings. The second-order valence-corrected chi connectivity index (χ2v) is 8.90.